The Hall–Kier alpha value is -0.250. The van der Waals surface area contributed by atoms with Crippen LogP contribution in [0.15, 0.2) is 0 Å². The average molecular weight is 255 g/mol. The van der Waals surface area contributed by atoms with Crippen LogP contribution >= 0.6 is 0 Å². The summed E-state index contributed by atoms with van der Waals surface area (Å²) in [7, 11) is -1.90. The predicted octanol–water partition coefficient (Wildman–Crippen LogP) is -1.58. The van der Waals surface area contributed by atoms with Crippen LogP contribution in [0.4, 0.5) is 0 Å². The lowest BCUT2D eigenvalue weighted by atomic mass is 10.5. The van der Waals surface area contributed by atoms with Gasteiger partial charge >= 0.3 is 0 Å². The number of hydrogen-bond acceptors (Lipinski definition) is 5. The van der Waals surface area contributed by atoms with Crippen LogP contribution in [0.3, 0.4) is 0 Å². The molecule has 0 atom stereocenters. The molecule has 0 rings (SSSR count). The van der Waals surface area contributed by atoms with Crippen LogP contribution in [-0.2, 0) is 19.7 Å². The van der Waals surface area contributed by atoms with Crippen molar-refractivity contribution in [1.29, 1.82) is 0 Å². The zero-order valence-electron chi connectivity index (χ0n) is 9.57. The second kappa shape index (κ2) is 9.94. The Morgan fingerprint density at radius 2 is 1.81 bits per heavy atom. The average Bonchev–Trinajstić information content (AvgIpc) is 2.23. The van der Waals surface area contributed by atoms with E-state index in [1.54, 1.807) is 0 Å². The SMILES string of the molecule is COCCNS(=O)(=O)NCCCOCCN. The summed E-state index contributed by atoms with van der Waals surface area (Å²) in [6, 6.07) is 0. The molecule has 0 aliphatic rings. The van der Waals surface area contributed by atoms with E-state index in [-0.39, 0.29) is 6.54 Å². The summed E-state index contributed by atoms with van der Waals surface area (Å²) in [5.41, 5.74) is 5.22. The largest absolute Gasteiger partial charge is 0.383 e. The number of rotatable bonds is 11. The molecule has 0 bridgehead atoms. The van der Waals surface area contributed by atoms with Crippen molar-refractivity contribution in [3.63, 3.8) is 0 Å². The summed E-state index contributed by atoms with van der Waals surface area (Å²) in [5, 5.41) is 0. The van der Waals surface area contributed by atoms with Crippen molar-refractivity contribution in [2.75, 3.05) is 46.6 Å². The predicted molar refractivity (Wildman–Crippen MR) is 61.3 cm³/mol. The molecule has 0 radical (unpaired) electrons. The number of ether oxygens (including phenoxy) is 2. The molecule has 98 valence electrons. The third-order valence-corrected chi connectivity index (χ3v) is 2.79. The van der Waals surface area contributed by atoms with Crippen LogP contribution in [0.25, 0.3) is 0 Å². The first-order chi connectivity index (χ1) is 7.62. The summed E-state index contributed by atoms with van der Waals surface area (Å²) in [5.74, 6) is 0. The molecule has 0 aliphatic heterocycles. The lowest BCUT2D eigenvalue weighted by Crippen LogP contribution is -2.38. The van der Waals surface area contributed by atoms with Crippen LogP contribution < -0.4 is 15.2 Å². The van der Waals surface area contributed by atoms with Gasteiger partial charge in [0.2, 0.25) is 0 Å². The molecule has 16 heavy (non-hydrogen) atoms. The van der Waals surface area contributed by atoms with E-state index in [0.717, 1.165) is 0 Å². The molecule has 0 saturated carbocycles. The first kappa shape index (κ1) is 15.8. The maximum absolute atomic E-state index is 11.3. The number of nitrogens with one attached hydrogen (secondary N) is 2. The second-order valence-electron chi connectivity index (χ2n) is 3.04. The Labute approximate surface area is 96.9 Å². The van der Waals surface area contributed by atoms with Crippen LogP contribution in [0.2, 0.25) is 0 Å². The van der Waals surface area contributed by atoms with Crippen molar-refractivity contribution in [3.8, 4) is 0 Å². The van der Waals surface area contributed by atoms with Gasteiger partial charge in [-0.2, -0.15) is 13.1 Å². The third-order valence-electron chi connectivity index (χ3n) is 1.62. The Morgan fingerprint density at radius 1 is 1.12 bits per heavy atom. The summed E-state index contributed by atoms with van der Waals surface area (Å²) in [6.07, 6.45) is 0.616. The van der Waals surface area contributed by atoms with Crippen LogP contribution in [0, 0.1) is 0 Å². The zero-order chi connectivity index (χ0) is 12.3. The molecule has 0 aromatic rings. The maximum Gasteiger partial charge on any atom is 0.276 e. The maximum atomic E-state index is 11.3. The number of nitrogens with two attached hydrogens (primary N) is 1. The fraction of sp³-hybridized carbons (Fsp3) is 1.00. The normalized spacial score (nSPS) is 11.9. The smallest absolute Gasteiger partial charge is 0.276 e. The highest BCUT2D eigenvalue weighted by Gasteiger charge is 2.06. The molecular weight excluding hydrogens is 234 g/mol. The molecule has 0 fully saturated rings. The van der Waals surface area contributed by atoms with Crippen molar-refractivity contribution >= 4 is 10.2 Å². The minimum absolute atomic E-state index is 0.259. The molecular formula is C8H21N3O4S. The fourth-order valence-corrected chi connectivity index (χ4v) is 1.76. The third kappa shape index (κ3) is 10.3. The summed E-state index contributed by atoms with van der Waals surface area (Å²) >= 11 is 0. The second-order valence-corrected chi connectivity index (χ2v) is 4.62. The van der Waals surface area contributed by atoms with E-state index in [9.17, 15) is 8.42 Å². The summed E-state index contributed by atoms with van der Waals surface area (Å²) < 4.78 is 37.1. The molecule has 0 aromatic heterocycles. The quantitative estimate of drug-likeness (QED) is 0.387. The van der Waals surface area contributed by atoms with Crippen molar-refractivity contribution in [1.82, 2.24) is 9.44 Å². The fourth-order valence-electron chi connectivity index (χ4n) is 0.895. The van der Waals surface area contributed by atoms with E-state index < -0.39 is 10.2 Å². The highest BCUT2D eigenvalue weighted by molar-refractivity contribution is 7.87. The van der Waals surface area contributed by atoms with E-state index in [0.29, 0.717) is 39.3 Å². The number of methoxy groups -OCH3 is 1. The van der Waals surface area contributed by atoms with Gasteiger partial charge in [0, 0.05) is 33.4 Å². The van der Waals surface area contributed by atoms with Gasteiger partial charge in [-0.25, -0.2) is 4.72 Å². The van der Waals surface area contributed by atoms with Crippen LogP contribution in [-0.4, -0.2) is 55.0 Å². The molecule has 0 saturated heterocycles. The van der Waals surface area contributed by atoms with Gasteiger partial charge in [0.25, 0.3) is 10.2 Å². The van der Waals surface area contributed by atoms with E-state index in [2.05, 4.69) is 9.44 Å². The van der Waals surface area contributed by atoms with Crippen LogP contribution in [0.5, 0.6) is 0 Å². The summed E-state index contributed by atoms with van der Waals surface area (Å²) in [6.45, 7) is 2.42. The zero-order valence-corrected chi connectivity index (χ0v) is 10.4. The van der Waals surface area contributed by atoms with Gasteiger partial charge in [-0.05, 0) is 6.42 Å². The van der Waals surface area contributed by atoms with Crippen LogP contribution in [0.1, 0.15) is 6.42 Å². The molecule has 0 heterocycles. The van der Waals surface area contributed by atoms with E-state index in [1.807, 2.05) is 0 Å². The van der Waals surface area contributed by atoms with Crippen molar-refractivity contribution in [2.45, 2.75) is 6.42 Å². The van der Waals surface area contributed by atoms with Crippen molar-refractivity contribution < 1.29 is 17.9 Å². The van der Waals surface area contributed by atoms with Crippen molar-refractivity contribution in [3.05, 3.63) is 0 Å². The van der Waals surface area contributed by atoms with E-state index in [1.165, 1.54) is 7.11 Å². The van der Waals surface area contributed by atoms with E-state index in [4.69, 9.17) is 15.2 Å². The van der Waals surface area contributed by atoms with Gasteiger partial charge in [0.1, 0.15) is 0 Å². The molecule has 0 unspecified atom stereocenters. The molecule has 0 aliphatic carbocycles. The first-order valence-electron chi connectivity index (χ1n) is 5.13. The van der Waals surface area contributed by atoms with E-state index >= 15 is 0 Å². The Bertz CT molecular complexity index is 246. The Balaban J connectivity index is 3.43. The number of hydrogen-bond donors (Lipinski definition) is 3. The first-order valence-corrected chi connectivity index (χ1v) is 6.61. The monoisotopic (exact) mass is 255 g/mol. The highest BCUT2D eigenvalue weighted by Crippen LogP contribution is 1.83. The molecule has 7 nitrogen and oxygen atoms in total. The minimum atomic E-state index is -3.41. The van der Waals surface area contributed by atoms with Gasteiger partial charge in [-0.1, -0.05) is 0 Å². The van der Waals surface area contributed by atoms with Gasteiger partial charge in [-0.15, -0.1) is 0 Å². The lowest BCUT2D eigenvalue weighted by molar-refractivity contribution is 0.140. The summed E-state index contributed by atoms with van der Waals surface area (Å²) in [4.78, 5) is 0. The molecule has 4 N–H and O–H groups in total. The molecule has 0 spiro atoms. The molecule has 8 heteroatoms. The van der Waals surface area contributed by atoms with Gasteiger partial charge < -0.3 is 15.2 Å². The van der Waals surface area contributed by atoms with Gasteiger partial charge in [0.15, 0.2) is 0 Å². The molecule has 0 aromatic carbocycles. The Morgan fingerprint density at radius 3 is 2.44 bits per heavy atom. The lowest BCUT2D eigenvalue weighted by Gasteiger charge is -2.07. The topological polar surface area (TPSA) is 103 Å². The minimum Gasteiger partial charge on any atom is -0.383 e. The standard InChI is InChI=1S/C8H21N3O4S/c1-14-8-5-11-16(12,13)10-4-2-6-15-7-3-9/h10-11H,2-9H2,1H3. The Kier molecular flexibility index (Phi) is 9.78. The van der Waals surface area contributed by atoms with Gasteiger partial charge in [-0.3, -0.25) is 0 Å². The van der Waals surface area contributed by atoms with Crippen molar-refractivity contribution in [2.24, 2.45) is 5.73 Å². The highest BCUT2D eigenvalue weighted by atomic mass is 32.2. The molecule has 0 amide bonds. The van der Waals surface area contributed by atoms with Gasteiger partial charge in [0.05, 0.1) is 13.2 Å².